The zero-order valence-electron chi connectivity index (χ0n) is 15.0. The quantitative estimate of drug-likeness (QED) is 0.555. The number of hydrogen-bond acceptors (Lipinski definition) is 4. The summed E-state index contributed by atoms with van der Waals surface area (Å²) in [5, 5.41) is 8.84. The summed E-state index contributed by atoms with van der Waals surface area (Å²) in [5.41, 5.74) is 0.130. The van der Waals surface area contributed by atoms with Crippen LogP contribution in [0.2, 0.25) is 5.02 Å². The average Bonchev–Trinajstić information content (AvgIpc) is 2.67. The number of carbonyl (C=O) groups is 1. The van der Waals surface area contributed by atoms with E-state index in [1.165, 1.54) is 31.2 Å². The van der Waals surface area contributed by atoms with Crippen molar-refractivity contribution in [2.75, 3.05) is 6.61 Å². The van der Waals surface area contributed by atoms with Crippen LogP contribution in [0.25, 0.3) is 10.9 Å². The first-order chi connectivity index (χ1) is 13.8. The molecule has 0 aliphatic heterocycles. The first kappa shape index (κ1) is 20.7. The maximum atomic E-state index is 15.4. The normalized spacial score (nSPS) is 12.2. The molecule has 9 heteroatoms. The van der Waals surface area contributed by atoms with Crippen molar-refractivity contribution in [2.45, 2.75) is 19.7 Å². The Bertz CT molecular complexity index is 1050. The van der Waals surface area contributed by atoms with Gasteiger partial charge in [-0.3, -0.25) is 4.98 Å². The van der Waals surface area contributed by atoms with Crippen LogP contribution in [0.4, 0.5) is 13.2 Å². The summed E-state index contributed by atoms with van der Waals surface area (Å²) in [6.07, 6.45) is -1.83. The molecule has 0 amide bonds. The van der Waals surface area contributed by atoms with Crippen molar-refractivity contribution in [1.82, 2.24) is 4.98 Å². The molecule has 0 saturated carbocycles. The first-order valence-electron chi connectivity index (χ1n) is 8.40. The number of aromatic nitrogens is 1. The molecule has 2 aromatic carbocycles. The van der Waals surface area contributed by atoms with Gasteiger partial charge in [0.2, 0.25) is 0 Å². The van der Waals surface area contributed by atoms with Gasteiger partial charge in [0, 0.05) is 5.69 Å². The van der Waals surface area contributed by atoms with Crippen molar-refractivity contribution in [2.24, 2.45) is 0 Å². The molecule has 3 aromatic rings. The van der Waals surface area contributed by atoms with Crippen LogP contribution in [0.15, 0.2) is 42.5 Å². The van der Waals surface area contributed by atoms with E-state index in [-0.39, 0.29) is 38.5 Å². The second kappa shape index (κ2) is 8.57. The molecule has 0 radical (unpaired) electrons. The fourth-order valence-corrected chi connectivity index (χ4v) is 3.16. The monoisotopic (exact) mass is 425 g/mol. The Kier molecular flexibility index (Phi) is 6.12. The highest BCUT2D eigenvalue weighted by Crippen LogP contribution is 2.45. The lowest BCUT2D eigenvalue weighted by molar-refractivity contribution is -0.139. The first-order valence-corrected chi connectivity index (χ1v) is 8.78. The number of benzene rings is 2. The summed E-state index contributed by atoms with van der Waals surface area (Å²) in [6.45, 7) is -2.57. The van der Waals surface area contributed by atoms with Crippen LogP contribution in [0, 0.1) is 6.92 Å². The number of nitrogens with zero attached hydrogens (tertiary/aromatic N) is 1. The Morgan fingerprint density at radius 2 is 1.86 bits per heavy atom. The molecule has 1 unspecified atom stereocenters. The zero-order chi connectivity index (χ0) is 21.1. The van der Waals surface area contributed by atoms with Crippen molar-refractivity contribution < 1.29 is 32.5 Å². The molecule has 1 aromatic heterocycles. The molecule has 1 atom stereocenters. The molecule has 1 heterocycles. The number of halogens is 4. The molecular weight excluding hydrogens is 411 g/mol. The molecule has 0 bridgehead atoms. The van der Waals surface area contributed by atoms with E-state index < -0.39 is 31.1 Å². The van der Waals surface area contributed by atoms with Crippen LogP contribution in [-0.2, 0) is 4.79 Å². The predicted octanol–water partition coefficient (Wildman–Crippen LogP) is 5.32. The number of rotatable bonds is 7. The Morgan fingerprint density at radius 1 is 1.17 bits per heavy atom. The van der Waals surface area contributed by atoms with Crippen molar-refractivity contribution >= 4 is 28.5 Å². The Morgan fingerprint density at radius 3 is 2.48 bits per heavy atom. The Labute approximate surface area is 168 Å². The molecule has 3 rings (SSSR count). The van der Waals surface area contributed by atoms with E-state index in [1.54, 1.807) is 18.2 Å². The summed E-state index contributed by atoms with van der Waals surface area (Å²) in [5.74, 6) is -1.89. The van der Waals surface area contributed by atoms with E-state index in [2.05, 4.69) is 9.72 Å². The standard InChI is InChI=1S/C20H15ClF3NO4/c1-10-15(17(22)11-5-3-2-4-6-11)19(29-20(23)24)16-13(28-9-14(26)27)8-7-12(21)18(16)25-10/h2-8,17,20H,9H2,1H3,(H,26,27). The van der Waals surface area contributed by atoms with Crippen LogP contribution in [0.5, 0.6) is 11.5 Å². The molecule has 0 aliphatic carbocycles. The van der Waals surface area contributed by atoms with Crippen LogP contribution < -0.4 is 9.47 Å². The van der Waals surface area contributed by atoms with Gasteiger partial charge < -0.3 is 14.6 Å². The lowest BCUT2D eigenvalue weighted by Gasteiger charge is -2.20. The summed E-state index contributed by atoms with van der Waals surface area (Å²) in [7, 11) is 0. The maximum absolute atomic E-state index is 15.4. The third-order valence-electron chi connectivity index (χ3n) is 4.14. The van der Waals surface area contributed by atoms with E-state index in [1.807, 2.05) is 0 Å². The minimum Gasteiger partial charge on any atom is -0.481 e. The van der Waals surface area contributed by atoms with Gasteiger partial charge in [0.15, 0.2) is 12.8 Å². The maximum Gasteiger partial charge on any atom is 0.387 e. The van der Waals surface area contributed by atoms with Gasteiger partial charge in [-0.05, 0) is 24.6 Å². The lowest BCUT2D eigenvalue weighted by atomic mass is 9.98. The van der Waals surface area contributed by atoms with Gasteiger partial charge >= 0.3 is 12.6 Å². The number of aliphatic carboxylic acids is 1. The lowest BCUT2D eigenvalue weighted by Crippen LogP contribution is -2.12. The van der Waals surface area contributed by atoms with Gasteiger partial charge in [0.05, 0.1) is 21.5 Å². The van der Waals surface area contributed by atoms with Gasteiger partial charge in [-0.25, -0.2) is 9.18 Å². The van der Waals surface area contributed by atoms with E-state index in [0.717, 1.165) is 0 Å². The molecule has 5 nitrogen and oxygen atoms in total. The fourth-order valence-electron chi connectivity index (χ4n) is 2.96. The SMILES string of the molecule is Cc1nc2c(Cl)ccc(OCC(=O)O)c2c(OC(F)F)c1C(F)c1ccccc1. The second-order valence-corrected chi connectivity index (χ2v) is 6.45. The highest BCUT2D eigenvalue weighted by Gasteiger charge is 2.28. The minimum absolute atomic E-state index is 0.0340. The van der Waals surface area contributed by atoms with Crippen molar-refractivity contribution in [3.05, 3.63) is 64.3 Å². The second-order valence-electron chi connectivity index (χ2n) is 6.04. The molecule has 0 aliphatic rings. The van der Waals surface area contributed by atoms with E-state index in [4.69, 9.17) is 21.4 Å². The zero-order valence-corrected chi connectivity index (χ0v) is 15.8. The fraction of sp³-hybridized carbons (Fsp3) is 0.200. The largest absolute Gasteiger partial charge is 0.481 e. The van der Waals surface area contributed by atoms with Gasteiger partial charge in [-0.15, -0.1) is 0 Å². The van der Waals surface area contributed by atoms with Gasteiger partial charge in [0.1, 0.15) is 11.5 Å². The predicted molar refractivity (Wildman–Crippen MR) is 101 cm³/mol. The molecule has 152 valence electrons. The number of hydrogen-bond donors (Lipinski definition) is 1. The van der Waals surface area contributed by atoms with Crippen LogP contribution in [0.1, 0.15) is 23.0 Å². The summed E-state index contributed by atoms with van der Waals surface area (Å²) < 4.78 is 51.7. The number of pyridine rings is 1. The number of ether oxygens (including phenoxy) is 2. The number of aryl methyl sites for hydroxylation is 1. The number of carboxylic acid groups (broad SMARTS) is 1. The molecule has 0 spiro atoms. The third kappa shape index (κ3) is 4.37. The molecule has 29 heavy (non-hydrogen) atoms. The van der Waals surface area contributed by atoms with Crippen molar-refractivity contribution in [3.8, 4) is 11.5 Å². The van der Waals surface area contributed by atoms with Crippen molar-refractivity contribution in [3.63, 3.8) is 0 Å². The van der Waals surface area contributed by atoms with E-state index >= 15 is 4.39 Å². The highest BCUT2D eigenvalue weighted by atomic mass is 35.5. The van der Waals surface area contributed by atoms with Crippen LogP contribution in [-0.4, -0.2) is 29.3 Å². The summed E-state index contributed by atoms with van der Waals surface area (Å²) >= 11 is 6.15. The number of alkyl halides is 3. The van der Waals surface area contributed by atoms with E-state index in [9.17, 15) is 13.6 Å². The Hall–Kier alpha value is -3.00. The molecular formula is C20H15ClF3NO4. The number of fused-ring (bicyclic) bond motifs is 1. The molecule has 0 fully saturated rings. The van der Waals surface area contributed by atoms with Crippen molar-refractivity contribution in [1.29, 1.82) is 0 Å². The Balaban J connectivity index is 2.31. The minimum atomic E-state index is -3.27. The number of carboxylic acids is 1. The molecule has 0 saturated heterocycles. The van der Waals surface area contributed by atoms with Gasteiger partial charge in [-0.2, -0.15) is 8.78 Å². The van der Waals surface area contributed by atoms with Gasteiger partial charge in [-0.1, -0.05) is 41.9 Å². The summed E-state index contributed by atoms with van der Waals surface area (Å²) in [4.78, 5) is 15.1. The topological polar surface area (TPSA) is 68.7 Å². The molecule has 1 N–H and O–H groups in total. The average molecular weight is 426 g/mol. The van der Waals surface area contributed by atoms with E-state index in [0.29, 0.717) is 0 Å². The van der Waals surface area contributed by atoms with Crippen LogP contribution in [0.3, 0.4) is 0 Å². The third-order valence-corrected chi connectivity index (χ3v) is 4.44. The summed E-state index contributed by atoms with van der Waals surface area (Å²) in [6, 6.07) is 10.6. The van der Waals surface area contributed by atoms with Crippen LogP contribution >= 0.6 is 11.6 Å². The highest BCUT2D eigenvalue weighted by molar-refractivity contribution is 6.35. The van der Waals surface area contributed by atoms with Gasteiger partial charge in [0.25, 0.3) is 0 Å². The smallest absolute Gasteiger partial charge is 0.387 e.